The molecule has 1 saturated carbocycles. The molecule has 0 saturated heterocycles. The van der Waals surface area contributed by atoms with E-state index in [0.717, 1.165) is 30.6 Å². The van der Waals surface area contributed by atoms with Crippen LogP contribution in [-0.4, -0.2) is 12.9 Å². The van der Waals surface area contributed by atoms with Gasteiger partial charge in [0.2, 0.25) is 0 Å². The molecule has 1 fully saturated rings. The fraction of sp³-hybridized carbons (Fsp3) is 0.429. The van der Waals surface area contributed by atoms with E-state index in [0.29, 0.717) is 0 Å². The largest absolute Gasteiger partial charge is 0.497 e. The summed E-state index contributed by atoms with van der Waals surface area (Å²) in [4.78, 5) is 12.0. The van der Waals surface area contributed by atoms with Gasteiger partial charge in [-0.2, -0.15) is 5.26 Å². The van der Waals surface area contributed by atoms with Gasteiger partial charge in [-0.1, -0.05) is 18.6 Å². The standard InChI is InChI=1S/C14H15NO2/c1-17-12-5-3-11(4-6-12)14(8-2-9-14)13(16)7-10-15/h3-6H,2,7-9H2,1H3. The Morgan fingerprint density at radius 3 is 2.47 bits per heavy atom. The average molecular weight is 229 g/mol. The van der Waals surface area contributed by atoms with Crippen molar-refractivity contribution in [3.63, 3.8) is 0 Å². The molecular weight excluding hydrogens is 214 g/mol. The summed E-state index contributed by atoms with van der Waals surface area (Å²) in [6.07, 6.45) is 2.79. The van der Waals surface area contributed by atoms with Crippen LogP contribution in [0, 0.1) is 11.3 Å². The van der Waals surface area contributed by atoms with Gasteiger partial charge in [0.1, 0.15) is 5.75 Å². The van der Waals surface area contributed by atoms with Crippen LogP contribution < -0.4 is 4.74 Å². The molecule has 88 valence electrons. The zero-order valence-corrected chi connectivity index (χ0v) is 9.90. The lowest BCUT2D eigenvalue weighted by Crippen LogP contribution is -2.42. The van der Waals surface area contributed by atoms with Crippen LogP contribution in [0.3, 0.4) is 0 Å². The van der Waals surface area contributed by atoms with Crippen LogP contribution in [0.25, 0.3) is 0 Å². The van der Waals surface area contributed by atoms with Gasteiger partial charge in [-0.25, -0.2) is 0 Å². The third-order valence-corrected chi connectivity index (χ3v) is 3.62. The molecule has 0 amide bonds. The number of rotatable bonds is 4. The highest BCUT2D eigenvalue weighted by Crippen LogP contribution is 2.45. The van der Waals surface area contributed by atoms with Gasteiger partial charge in [0, 0.05) is 0 Å². The molecule has 3 nitrogen and oxygen atoms in total. The van der Waals surface area contributed by atoms with E-state index in [-0.39, 0.29) is 12.2 Å². The lowest BCUT2D eigenvalue weighted by molar-refractivity contribution is -0.126. The van der Waals surface area contributed by atoms with Crippen LogP contribution in [0.4, 0.5) is 0 Å². The van der Waals surface area contributed by atoms with E-state index in [1.165, 1.54) is 0 Å². The van der Waals surface area contributed by atoms with Crippen LogP contribution in [0.5, 0.6) is 5.75 Å². The van der Waals surface area contributed by atoms with Crippen molar-refractivity contribution in [2.45, 2.75) is 31.1 Å². The number of carbonyl (C=O) groups is 1. The van der Waals surface area contributed by atoms with Gasteiger partial charge < -0.3 is 4.74 Å². The van der Waals surface area contributed by atoms with Gasteiger partial charge in [0.15, 0.2) is 5.78 Å². The number of nitrogens with zero attached hydrogens (tertiary/aromatic N) is 1. The molecule has 0 unspecified atom stereocenters. The number of hydrogen-bond acceptors (Lipinski definition) is 3. The van der Waals surface area contributed by atoms with Crippen LogP contribution >= 0.6 is 0 Å². The van der Waals surface area contributed by atoms with Gasteiger partial charge in [-0.15, -0.1) is 0 Å². The number of Topliss-reactive ketones (excluding diaryl/α,β-unsaturated/α-hetero) is 1. The zero-order valence-electron chi connectivity index (χ0n) is 9.90. The Hall–Kier alpha value is -1.82. The Morgan fingerprint density at radius 1 is 1.41 bits per heavy atom. The second-order valence-corrected chi connectivity index (χ2v) is 4.42. The summed E-state index contributed by atoms with van der Waals surface area (Å²) in [5, 5.41) is 8.66. The Morgan fingerprint density at radius 2 is 2.06 bits per heavy atom. The lowest BCUT2D eigenvalue weighted by atomic mass is 9.61. The van der Waals surface area contributed by atoms with Gasteiger partial charge in [0.05, 0.1) is 25.0 Å². The van der Waals surface area contributed by atoms with Crippen LogP contribution in [0.2, 0.25) is 0 Å². The van der Waals surface area contributed by atoms with Crippen molar-refractivity contribution in [3.8, 4) is 11.8 Å². The number of methoxy groups -OCH3 is 1. The second kappa shape index (κ2) is 4.58. The topological polar surface area (TPSA) is 50.1 Å². The van der Waals surface area contributed by atoms with Crippen molar-refractivity contribution in [2.75, 3.05) is 7.11 Å². The molecule has 17 heavy (non-hydrogen) atoms. The highest BCUT2D eigenvalue weighted by Gasteiger charge is 2.44. The molecule has 1 aliphatic carbocycles. The number of benzene rings is 1. The second-order valence-electron chi connectivity index (χ2n) is 4.42. The molecule has 0 N–H and O–H groups in total. The van der Waals surface area contributed by atoms with E-state index in [1.54, 1.807) is 7.11 Å². The third-order valence-electron chi connectivity index (χ3n) is 3.62. The summed E-state index contributed by atoms with van der Waals surface area (Å²) in [7, 11) is 1.62. The molecule has 1 aromatic carbocycles. The molecule has 0 aliphatic heterocycles. The number of hydrogen-bond donors (Lipinski definition) is 0. The van der Waals surface area contributed by atoms with E-state index < -0.39 is 5.41 Å². The average Bonchev–Trinajstić information content (AvgIpc) is 2.29. The fourth-order valence-corrected chi connectivity index (χ4v) is 2.41. The molecule has 3 heteroatoms. The Kier molecular flexibility index (Phi) is 3.14. The van der Waals surface area contributed by atoms with Crippen molar-refractivity contribution in [2.24, 2.45) is 0 Å². The quantitative estimate of drug-likeness (QED) is 0.797. The zero-order chi connectivity index (χ0) is 12.3. The monoisotopic (exact) mass is 229 g/mol. The molecular formula is C14H15NO2. The van der Waals surface area contributed by atoms with Gasteiger partial charge in [-0.05, 0) is 30.5 Å². The Labute approximate surface area is 101 Å². The van der Waals surface area contributed by atoms with Crippen LogP contribution in [0.15, 0.2) is 24.3 Å². The Bertz CT molecular complexity index is 452. The minimum absolute atomic E-state index is 0.00598. The SMILES string of the molecule is COc1ccc(C2(C(=O)CC#N)CCC2)cc1. The molecule has 1 aromatic rings. The molecule has 0 aromatic heterocycles. The maximum Gasteiger partial charge on any atom is 0.157 e. The molecule has 0 radical (unpaired) electrons. The first-order chi connectivity index (χ1) is 8.23. The van der Waals surface area contributed by atoms with E-state index in [2.05, 4.69) is 0 Å². The maximum atomic E-state index is 12.0. The minimum atomic E-state index is -0.401. The minimum Gasteiger partial charge on any atom is -0.497 e. The molecule has 2 rings (SSSR count). The van der Waals surface area contributed by atoms with Crippen molar-refractivity contribution < 1.29 is 9.53 Å². The number of carbonyl (C=O) groups excluding carboxylic acids is 1. The first kappa shape index (κ1) is 11.7. The molecule has 1 aliphatic rings. The van der Waals surface area contributed by atoms with Crippen molar-refractivity contribution in [1.82, 2.24) is 0 Å². The van der Waals surface area contributed by atoms with E-state index in [1.807, 2.05) is 30.3 Å². The van der Waals surface area contributed by atoms with E-state index in [4.69, 9.17) is 10.00 Å². The first-order valence-electron chi connectivity index (χ1n) is 5.78. The van der Waals surface area contributed by atoms with Crippen LogP contribution in [0.1, 0.15) is 31.2 Å². The van der Waals surface area contributed by atoms with E-state index in [9.17, 15) is 4.79 Å². The molecule has 0 spiro atoms. The Balaban J connectivity index is 2.28. The van der Waals surface area contributed by atoms with Crippen molar-refractivity contribution in [3.05, 3.63) is 29.8 Å². The smallest absolute Gasteiger partial charge is 0.157 e. The maximum absolute atomic E-state index is 12.0. The summed E-state index contributed by atoms with van der Waals surface area (Å²) in [6.45, 7) is 0. The fourth-order valence-electron chi connectivity index (χ4n) is 2.41. The molecule has 0 bridgehead atoms. The number of nitriles is 1. The van der Waals surface area contributed by atoms with Gasteiger partial charge in [-0.3, -0.25) is 4.79 Å². The predicted molar refractivity (Wildman–Crippen MR) is 63.8 cm³/mol. The third kappa shape index (κ3) is 1.91. The normalized spacial score (nSPS) is 16.7. The molecule has 0 atom stereocenters. The highest BCUT2D eigenvalue weighted by atomic mass is 16.5. The lowest BCUT2D eigenvalue weighted by Gasteiger charge is -2.40. The highest BCUT2D eigenvalue weighted by molar-refractivity contribution is 5.92. The summed E-state index contributed by atoms with van der Waals surface area (Å²) >= 11 is 0. The van der Waals surface area contributed by atoms with E-state index >= 15 is 0 Å². The van der Waals surface area contributed by atoms with Crippen LogP contribution in [-0.2, 0) is 10.2 Å². The summed E-state index contributed by atoms with van der Waals surface area (Å²) in [6, 6.07) is 9.58. The predicted octanol–water partition coefficient (Wildman–Crippen LogP) is 2.60. The summed E-state index contributed by atoms with van der Waals surface area (Å²) < 4.78 is 5.10. The number of ether oxygens (including phenoxy) is 1. The molecule has 0 heterocycles. The van der Waals surface area contributed by atoms with Gasteiger partial charge in [0.25, 0.3) is 0 Å². The van der Waals surface area contributed by atoms with Crippen molar-refractivity contribution >= 4 is 5.78 Å². The van der Waals surface area contributed by atoms with Crippen molar-refractivity contribution in [1.29, 1.82) is 5.26 Å². The summed E-state index contributed by atoms with van der Waals surface area (Å²) in [5.41, 5.74) is 0.618. The number of ketones is 1. The summed E-state index contributed by atoms with van der Waals surface area (Å²) in [5.74, 6) is 0.840. The first-order valence-corrected chi connectivity index (χ1v) is 5.78. The van der Waals surface area contributed by atoms with Gasteiger partial charge >= 0.3 is 0 Å².